The van der Waals surface area contributed by atoms with Crippen molar-refractivity contribution in [1.29, 1.82) is 0 Å². The Bertz CT molecular complexity index is 468. The lowest BCUT2D eigenvalue weighted by molar-refractivity contribution is -0.144. The van der Waals surface area contributed by atoms with Gasteiger partial charge in [0.2, 0.25) is 5.91 Å². The molecular formula is C12H22N2O5S. The zero-order valence-electron chi connectivity index (χ0n) is 11.8. The van der Waals surface area contributed by atoms with E-state index < -0.39 is 27.3 Å². The number of rotatable bonds is 6. The lowest BCUT2D eigenvalue weighted by Gasteiger charge is -2.33. The van der Waals surface area contributed by atoms with E-state index in [4.69, 9.17) is 5.11 Å². The minimum absolute atomic E-state index is 0.117. The van der Waals surface area contributed by atoms with E-state index in [9.17, 15) is 18.0 Å². The minimum Gasteiger partial charge on any atom is -0.480 e. The fraction of sp³-hybridized carbons (Fsp3) is 0.833. The Morgan fingerprint density at radius 3 is 2.35 bits per heavy atom. The SMILES string of the molecule is CC1(C(=O)NC(CCS(C)(=O)=O)C(=O)O)CCNCC1. The van der Waals surface area contributed by atoms with E-state index in [2.05, 4.69) is 10.6 Å². The van der Waals surface area contributed by atoms with Crippen LogP contribution in [0.25, 0.3) is 0 Å². The van der Waals surface area contributed by atoms with Crippen molar-refractivity contribution in [2.45, 2.75) is 32.2 Å². The second-order valence-electron chi connectivity index (χ2n) is 5.59. The van der Waals surface area contributed by atoms with Crippen LogP contribution < -0.4 is 10.6 Å². The Balaban J connectivity index is 2.65. The van der Waals surface area contributed by atoms with Gasteiger partial charge in [-0.2, -0.15) is 0 Å². The van der Waals surface area contributed by atoms with Crippen LogP contribution in [0.2, 0.25) is 0 Å². The first-order valence-electron chi connectivity index (χ1n) is 6.56. The molecule has 1 heterocycles. The molecule has 0 spiro atoms. The standard InChI is InChI=1S/C12H22N2O5S/c1-12(4-6-13-7-5-12)11(17)14-9(10(15)16)3-8-20(2,18)19/h9,13H,3-8H2,1-2H3,(H,14,17)(H,15,16). The summed E-state index contributed by atoms with van der Waals surface area (Å²) < 4.78 is 22.2. The molecule has 20 heavy (non-hydrogen) atoms. The van der Waals surface area contributed by atoms with Crippen molar-refractivity contribution >= 4 is 21.7 Å². The second kappa shape index (κ2) is 6.53. The smallest absolute Gasteiger partial charge is 0.326 e. The number of sulfone groups is 1. The molecule has 1 aliphatic rings. The summed E-state index contributed by atoms with van der Waals surface area (Å²) in [6, 6.07) is -1.16. The second-order valence-corrected chi connectivity index (χ2v) is 7.85. The third-order valence-corrected chi connectivity index (χ3v) is 4.61. The van der Waals surface area contributed by atoms with Gasteiger partial charge in [0.15, 0.2) is 0 Å². The molecule has 8 heteroatoms. The molecule has 0 aliphatic carbocycles. The largest absolute Gasteiger partial charge is 0.480 e. The van der Waals surface area contributed by atoms with Gasteiger partial charge in [-0.15, -0.1) is 0 Å². The van der Waals surface area contributed by atoms with E-state index in [1.54, 1.807) is 6.92 Å². The van der Waals surface area contributed by atoms with Gasteiger partial charge in [-0.1, -0.05) is 6.92 Å². The third kappa shape index (κ3) is 5.09. The third-order valence-electron chi connectivity index (χ3n) is 3.64. The minimum atomic E-state index is -3.25. The Hall–Kier alpha value is -1.15. The lowest BCUT2D eigenvalue weighted by Crippen LogP contribution is -2.51. The summed E-state index contributed by atoms with van der Waals surface area (Å²) in [6.07, 6.45) is 2.20. The summed E-state index contributed by atoms with van der Waals surface area (Å²) in [7, 11) is -3.25. The molecule has 0 aromatic heterocycles. The summed E-state index contributed by atoms with van der Waals surface area (Å²) >= 11 is 0. The first-order chi connectivity index (χ1) is 9.14. The van der Waals surface area contributed by atoms with E-state index in [-0.39, 0.29) is 18.1 Å². The highest BCUT2D eigenvalue weighted by Crippen LogP contribution is 2.28. The van der Waals surface area contributed by atoms with Crippen molar-refractivity contribution in [2.75, 3.05) is 25.1 Å². The molecule has 1 saturated heterocycles. The fourth-order valence-corrected chi connectivity index (χ4v) is 2.79. The number of amides is 1. The molecule has 116 valence electrons. The van der Waals surface area contributed by atoms with Gasteiger partial charge in [0.25, 0.3) is 0 Å². The molecule has 0 aromatic carbocycles. The predicted octanol–water partition coefficient (Wildman–Crippen LogP) is -0.620. The molecule has 1 rings (SSSR count). The molecule has 1 atom stereocenters. The van der Waals surface area contributed by atoms with Gasteiger partial charge in [-0.3, -0.25) is 4.79 Å². The van der Waals surface area contributed by atoms with Gasteiger partial charge in [-0.05, 0) is 32.4 Å². The Kier molecular flexibility index (Phi) is 5.52. The number of carboxylic acid groups (broad SMARTS) is 1. The van der Waals surface area contributed by atoms with E-state index in [0.717, 1.165) is 6.26 Å². The molecule has 3 N–H and O–H groups in total. The predicted molar refractivity (Wildman–Crippen MR) is 74.1 cm³/mol. The van der Waals surface area contributed by atoms with Crippen LogP contribution in [0, 0.1) is 5.41 Å². The molecule has 1 unspecified atom stereocenters. The number of carboxylic acids is 1. The van der Waals surface area contributed by atoms with E-state index >= 15 is 0 Å². The summed E-state index contributed by atoms with van der Waals surface area (Å²) in [5.74, 6) is -1.79. The van der Waals surface area contributed by atoms with Crippen LogP contribution in [0.1, 0.15) is 26.2 Å². The Labute approximate surface area is 119 Å². The molecule has 1 aliphatic heterocycles. The zero-order valence-corrected chi connectivity index (χ0v) is 12.6. The van der Waals surface area contributed by atoms with Crippen molar-refractivity contribution in [3.63, 3.8) is 0 Å². The maximum Gasteiger partial charge on any atom is 0.326 e. The molecule has 0 radical (unpaired) electrons. The van der Waals surface area contributed by atoms with Crippen LogP contribution in [-0.2, 0) is 19.4 Å². The number of hydrogen-bond acceptors (Lipinski definition) is 5. The van der Waals surface area contributed by atoms with Gasteiger partial charge >= 0.3 is 5.97 Å². The summed E-state index contributed by atoms with van der Waals surface area (Å²) in [5.41, 5.74) is -0.593. The lowest BCUT2D eigenvalue weighted by atomic mass is 9.80. The highest BCUT2D eigenvalue weighted by molar-refractivity contribution is 7.90. The van der Waals surface area contributed by atoms with Crippen LogP contribution in [-0.4, -0.2) is 56.5 Å². The number of carbonyl (C=O) groups excluding carboxylic acids is 1. The Morgan fingerprint density at radius 1 is 1.35 bits per heavy atom. The maximum atomic E-state index is 12.2. The average Bonchev–Trinajstić information content (AvgIpc) is 2.33. The van der Waals surface area contributed by atoms with Crippen molar-refractivity contribution < 1.29 is 23.1 Å². The van der Waals surface area contributed by atoms with Gasteiger partial charge in [0.1, 0.15) is 15.9 Å². The molecule has 7 nitrogen and oxygen atoms in total. The topological polar surface area (TPSA) is 113 Å². The van der Waals surface area contributed by atoms with Gasteiger partial charge in [-0.25, -0.2) is 13.2 Å². The molecule has 0 saturated carbocycles. The molecule has 0 bridgehead atoms. The molecule has 1 fully saturated rings. The number of carbonyl (C=O) groups is 2. The molecule has 0 aromatic rings. The van der Waals surface area contributed by atoms with Crippen molar-refractivity contribution in [1.82, 2.24) is 10.6 Å². The van der Waals surface area contributed by atoms with E-state index in [1.165, 1.54) is 0 Å². The zero-order chi connectivity index (χ0) is 15.4. The fourth-order valence-electron chi connectivity index (χ4n) is 2.13. The van der Waals surface area contributed by atoms with Crippen molar-refractivity contribution in [3.05, 3.63) is 0 Å². The summed E-state index contributed by atoms with van der Waals surface area (Å²) in [4.78, 5) is 23.3. The van der Waals surface area contributed by atoms with Crippen LogP contribution in [0.5, 0.6) is 0 Å². The van der Waals surface area contributed by atoms with Crippen molar-refractivity contribution in [3.8, 4) is 0 Å². The van der Waals surface area contributed by atoms with Crippen LogP contribution in [0.3, 0.4) is 0 Å². The number of nitrogens with one attached hydrogen (secondary N) is 2. The van der Waals surface area contributed by atoms with E-state index in [0.29, 0.717) is 25.9 Å². The van der Waals surface area contributed by atoms with Gasteiger partial charge < -0.3 is 15.7 Å². The van der Waals surface area contributed by atoms with Gasteiger partial charge in [0.05, 0.1) is 5.75 Å². The average molecular weight is 306 g/mol. The Morgan fingerprint density at radius 2 is 1.90 bits per heavy atom. The van der Waals surface area contributed by atoms with E-state index in [1.807, 2.05) is 0 Å². The quantitative estimate of drug-likeness (QED) is 0.603. The maximum absolute atomic E-state index is 12.2. The number of hydrogen-bond donors (Lipinski definition) is 3. The van der Waals surface area contributed by atoms with Crippen molar-refractivity contribution in [2.24, 2.45) is 5.41 Å². The molecular weight excluding hydrogens is 284 g/mol. The first-order valence-corrected chi connectivity index (χ1v) is 8.62. The normalized spacial score (nSPS) is 20.1. The highest BCUT2D eigenvalue weighted by Gasteiger charge is 2.36. The first kappa shape index (κ1) is 16.9. The summed E-state index contributed by atoms with van der Waals surface area (Å²) in [5, 5.41) is 14.7. The molecule has 1 amide bonds. The van der Waals surface area contributed by atoms with Crippen LogP contribution >= 0.6 is 0 Å². The highest BCUT2D eigenvalue weighted by atomic mass is 32.2. The van der Waals surface area contributed by atoms with Crippen LogP contribution in [0.15, 0.2) is 0 Å². The number of aliphatic carboxylic acids is 1. The van der Waals surface area contributed by atoms with Gasteiger partial charge in [0, 0.05) is 11.7 Å². The van der Waals surface area contributed by atoms with Crippen LogP contribution in [0.4, 0.5) is 0 Å². The number of piperidine rings is 1. The summed E-state index contributed by atoms with van der Waals surface area (Å²) in [6.45, 7) is 3.23. The monoisotopic (exact) mass is 306 g/mol.